The number of alkyl carbamates (subject to hydrolysis) is 1. The lowest BCUT2D eigenvalue weighted by atomic mass is 9.95. The lowest BCUT2D eigenvalue weighted by Crippen LogP contribution is -2.55. The topological polar surface area (TPSA) is 108 Å². The molecular weight excluding hydrogens is 482 g/mol. The van der Waals surface area contributed by atoms with Gasteiger partial charge in [-0.3, -0.25) is 9.59 Å². The van der Waals surface area contributed by atoms with Crippen molar-refractivity contribution < 1.29 is 24.2 Å². The Morgan fingerprint density at radius 3 is 2.39 bits per heavy atom. The highest BCUT2D eigenvalue weighted by Gasteiger charge is 2.38. The fraction of sp³-hybridized carbons (Fsp3) is 0.433. The molecule has 0 aliphatic heterocycles. The van der Waals surface area contributed by atoms with Gasteiger partial charge in [0.1, 0.15) is 17.7 Å². The molecule has 3 amide bonds. The largest absolute Gasteiger partial charge is 0.444 e. The van der Waals surface area contributed by atoms with Crippen molar-refractivity contribution in [1.82, 2.24) is 10.2 Å². The van der Waals surface area contributed by atoms with Gasteiger partial charge in [-0.15, -0.1) is 0 Å². The highest BCUT2D eigenvalue weighted by atomic mass is 16.6. The summed E-state index contributed by atoms with van der Waals surface area (Å²) in [6, 6.07) is 12.5. The zero-order valence-electron chi connectivity index (χ0n) is 23.3. The van der Waals surface area contributed by atoms with E-state index in [4.69, 9.17) is 4.74 Å². The van der Waals surface area contributed by atoms with Crippen LogP contribution in [0.1, 0.15) is 63.8 Å². The first-order valence-corrected chi connectivity index (χ1v) is 12.9. The van der Waals surface area contributed by atoms with E-state index in [0.29, 0.717) is 17.7 Å². The van der Waals surface area contributed by atoms with E-state index >= 15 is 0 Å². The summed E-state index contributed by atoms with van der Waals surface area (Å²) >= 11 is 0. The van der Waals surface area contributed by atoms with Crippen LogP contribution in [-0.2, 0) is 14.3 Å². The second-order valence-corrected chi connectivity index (χ2v) is 10.3. The van der Waals surface area contributed by atoms with Gasteiger partial charge in [-0.25, -0.2) is 4.79 Å². The maximum atomic E-state index is 14.1. The zero-order chi connectivity index (χ0) is 28.5. The quantitative estimate of drug-likeness (QED) is 0.381. The minimum atomic E-state index is -1.08. The molecule has 0 bridgehead atoms. The predicted octanol–water partition coefficient (Wildman–Crippen LogP) is 5.08. The Balaban J connectivity index is 2.56. The number of carbonyl (C=O) groups is 3. The number of anilines is 1. The number of nitrogens with one attached hydrogen (secondary N) is 2. The van der Waals surface area contributed by atoms with Crippen molar-refractivity contribution in [1.29, 1.82) is 0 Å². The van der Waals surface area contributed by atoms with Crippen LogP contribution in [0.4, 0.5) is 10.5 Å². The maximum Gasteiger partial charge on any atom is 0.408 e. The van der Waals surface area contributed by atoms with Crippen LogP contribution >= 0.6 is 0 Å². The lowest BCUT2D eigenvalue weighted by molar-refractivity contribution is -0.142. The number of ether oxygens (including phenoxy) is 1. The third-order valence-corrected chi connectivity index (χ3v) is 6.20. The molecule has 8 nitrogen and oxygen atoms in total. The summed E-state index contributed by atoms with van der Waals surface area (Å²) in [4.78, 5) is 41.9. The Morgan fingerprint density at radius 2 is 1.82 bits per heavy atom. The Morgan fingerprint density at radius 1 is 1.13 bits per heavy atom. The van der Waals surface area contributed by atoms with Crippen LogP contribution < -0.4 is 10.6 Å². The number of hydrogen-bond acceptors (Lipinski definition) is 5. The number of rotatable bonds is 11. The van der Waals surface area contributed by atoms with Gasteiger partial charge in [-0.2, -0.15) is 0 Å². The third kappa shape index (κ3) is 8.45. The van der Waals surface area contributed by atoms with Crippen LogP contribution in [0.5, 0.6) is 0 Å². The highest BCUT2D eigenvalue weighted by molar-refractivity contribution is 5.99. The first-order chi connectivity index (χ1) is 17.9. The van der Waals surface area contributed by atoms with Crippen molar-refractivity contribution >= 4 is 29.7 Å². The predicted molar refractivity (Wildman–Crippen MR) is 150 cm³/mol. The molecule has 0 heterocycles. The Bertz CT molecular complexity index is 1120. The van der Waals surface area contributed by atoms with Gasteiger partial charge in [0, 0.05) is 12.2 Å². The van der Waals surface area contributed by atoms with Crippen LogP contribution in [-0.4, -0.2) is 52.7 Å². The molecule has 3 unspecified atom stereocenters. The van der Waals surface area contributed by atoms with Crippen molar-refractivity contribution in [2.24, 2.45) is 5.92 Å². The van der Waals surface area contributed by atoms with Crippen molar-refractivity contribution in [3.63, 3.8) is 0 Å². The molecule has 0 aromatic heterocycles. The number of aryl methyl sites for hydroxylation is 1. The van der Waals surface area contributed by atoms with Gasteiger partial charge in [0.15, 0.2) is 0 Å². The summed E-state index contributed by atoms with van der Waals surface area (Å²) in [5.41, 5.74) is 2.06. The minimum absolute atomic E-state index is 0.119. The second-order valence-electron chi connectivity index (χ2n) is 10.3. The SMILES string of the molecule is C=Cc1cccc(C(C(=O)Nc2ccccc2C)N(CCO)C(=O)C(NC(=O)OC(C)(C)C)C(C)CC)c1. The van der Waals surface area contributed by atoms with E-state index < -0.39 is 35.6 Å². The second kappa shape index (κ2) is 13.8. The van der Waals surface area contributed by atoms with E-state index in [1.54, 1.807) is 51.1 Å². The van der Waals surface area contributed by atoms with Crippen LogP contribution in [0, 0.1) is 12.8 Å². The van der Waals surface area contributed by atoms with Gasteiger partial charge in [-0.05, 0) is 62.4 Å². The number of aliphatic hydroxyl groups is 1. The molecule has 0 saturated carbocycles. The monoisotopic (exact) mass is 523 g/mol. The van der Waals surface area contributed by atoms with Crippen molar-refractivity contribution in [3.8, 4) is 0 Å². The van der Waals surface area contributed by atoms with E-state index in [2.05, 4.69) is 17.2 Å². The standard InChI is InChI=1S/C30H41N3O5/c1-8-20(3)25(32-29(37)38-30(5,6)7)28(36)33(17-18-34)26(23-15-12-14-22(9-2)19-23)27(35)31-24-16-11-10-13-21(24)4/h9-16,19-20,25-26,34H,2,8,17-18H2,1,3-7H3,(H,31,35)(H,32,37). The van der Waals surface area contributed by atoms with Gasteiger partial charge in [0.25, 0.3) is 5.91 Å². The van der Waals surface area contributed by atoms with Gasteiger partial charge in [0.05, 0.1) is 6.61 Å². The van der Waals surface area contributed by atoms with E-state index in [9.17, 15) is 19.5 Å². The molecule has 2 aromatic carbocycles. The lowest BCUT2D eigenvalue weighted by Gasteiger charge is -2.36. The Hall–Kier alpha value is -3.65. The number of benzene rings is 2. The molecule has 8 heteroatoms. The fourth-order valence-electron chi connectivity index (χ4n) is 4.01. The number of hydrogen-bond donors (Lipinski definition) is 3. The molecule has 0 saturated heterocycles. The Labute approximate surface area is 226 Å². The molecule has 0 spiro atoms. The summed E-state index contributed by atoms with van der Waals surface area (Å²) < 4.78 is 5.41. The summed E-state index contributed by atoms with van der Waals surface area (Å²) in [5.74, 6) is -1.20. The van der Waals surface area contributed by atoms with Crippen molar-refractivity contribution in [2.75, 3.05) is 18.5 Å². The van der Waals surface area contributed by atoms with E-state index in [-0.39, 0.29) is 19.1 Å². The number of carbonyl (C=O) groups excluding carboxylic acids is 3. The van der Waals surface area contributed by atoms with Crippen LogP contribution in [0.25, 0.3) is 6.08 Å². The van der Waals surface area contributed by atoms with Crippen LogP contribution in [0.2, 0.25) is 0 Å². The van der Waals surface area contributed by atoms with Gasteiger partial charge in [0.2, 0.25) is 5.91 Å². The van der Waals surface area contributed by atoms with Gasteiger partial charge in [-0.1, -0.05) is 69.3 Å². The number of amides is 3. The molecule has 3 atom stereocenters. The number of aliphatic hydroxyl groups excluding tert-OH is 1. The van der Waals surface area contributed by atoms with Gasteiger partial charge >= 0.3 is 6.09 Å². The molecule has 38 heavy (non-hydrogen) atoms. The zero-order valence-corrected chi connectivity index (χ0v) is 23.3. The average molecular weight is 524 g/mol. The molecule has 2 rings (SSSR count). The third-order valence-electron chi connectivity index (χ3n) is 6.20. The van der Waals surface area contributed by atoms with Gasteiger partial charge < -0.3 is 25.4 Å². The fourth-order valence-corrected chi connectivity index (χ4v) is 4.01. The minimum Gasteiger partial charge on any atom is -0.444 e. The van der Waals surface area contributed by atoms with Crippen LogP contribution in [0.15, 0.2) is 55.1 Å². The molecule has 2 aromatic rings. The molecule has 206 valence electrons. The van der Waals surface area contributed by atoms with E-state index in [1.807, 2.05) is 45.0 Å². The maximum absolute atomic E-state index is 14.1. The molecule has 0 aliphatic carbocycles. The summed E-state index contributed by atoms with van der Waals surface area (Å²) in [5, 5.41) is 15.6. The molecule has 0 fully saturated rings. The summed E-state index contributed by atoms with van der Waals surface area (Å²) in [6.07, 6.45) is 1.52. The van der Waals surface area contributed by atoms with E-state index in [0.717, 1.165) is 11.1 Å². The van der Waals surface area contributed by atoms with Crippen LogP contribution in [0.3, 0.4) is 0 Å². The van der Waals surface area contributed by atoms with Crippen molar-refractivity contribution in [2.45, 2.75) is 65.6 Å². The normalized spacial score (nSPS) is 13.6. The smallest absolute Gasteiger partial charge is 0.408 e. The summed E-state index contributed by atoms with van der Waals surface area (Å²) in [7, 11) is 0. The van der Waals surface area contributed by atoms with Crippen molar-refractivity contribution in [3.05, 3.63) is 71.8 Å². The number of nitrogens with zero attached hydrogens (tertiary/aromatic N) is 1. The molecule has 3 N–H and O–H groups in total. The first-order valence-electron chi connectivity index (χ1n) is 12.9. The molecular formula is C30H41N3O5. The number of para-hydroxylation sites is 1. The summed E-state index contributed by atoms with van der Waals surface area (Å²) in [6.45, 7) is 14.2. The van der Waals surface area contributed by atoms with E-state index in [1.165, 1.54) is 4.90 Å². The average Bonchev–Trinajstić information content (AvgIpc) is 2.86. The molecule has 0 aliphatic rings. The highest BCUT2D eigenvalue weighted by Crippen LogP contribution is 2.27. The Kier molecular flexibility index (Phi) is 11.1. The molecule has 0 radical (unpaired) electrons. The first kappa shape index (κ1) is 30.6.